The van der Waals surface area contributed by atoms with Gasteiger partial charge < -0.3 is 13.6 Å². The van der Waals surface area contributed by atoms with Gasteiger partial charge in [0.25, 0.3) is 0 Å². The predicted molar refractivity (Wildman–Crippen MR) is 87.1 cm³/mol. The van der Waals surface area contributed by atoms with Gasteiger partial charge in [0.2, 0.25) is 6.73 Å². The Balaban J connectivity index is 1.60. The van der Waals surface area contributed by atoms with E-state index in [4.69, 9.17) is 13.6 Å². The number of hydrogen-bond acceptors (Lipinski definition) is 4. The van der Waals surface area contributed by atoms with Crippen molar-refractivity contribution in [2.75, 3.05) is 6.73 Å². The van der Waals surface area contributed by atoms with Gasteiger partial charge in [0.15, 0.2) is 11.3 Å². The van der Waals surface area contributed by atoms with Crippen LogP contribution in [-0.4, -0.2) is 6.73 Å². The van der Waals surface area contributed by atoms with Crippen LogP contribution >= 0.6 is 0 Å². The van der Waals surface area contributed by atoms with Crippen LogP contribution in [0.1, 0.15) is 28.9 Å². The molecule has 0 spiro atoms. The zero-order valence-corrected chi connectivity index (χ0v) is 13.3. The third-order valence-corrected chi connectivity index (χ3v) is 5.06. The summed E-state index contributed by atoms with van der Waals surface area (Å²) in [5.41, 5.74) is 3.55. The van der Waals surface area contributed by atoms with E-state index < -0.39 is 0 Å². The van der Waals surface area contributed by atoms with Gasteiger partial charge in [-0.1, -0.05) is 0 Å². The lowest BCUT2D eigenvalue weighted by Gasteiger charge is -2.26. The van der Waals surface area contributed by atoms with Crippen LogP contribution in [0, 0.1) is 0 Å². The van der Waals surface area contributed by atoms with Gasteiger partial charge in [-0.2, -0.15) is 0 Å². The van der Waals surface area contributed by atoms with E-state index in [-0.39, 0.29) is 5.63 Å². The van der Waals surface area contributed by atoms with Crippen molar-refractivity contribution in [1.29, 1.82) is 0 Å². The highest BCUT2D eigenvalue weighted by atomic mass is 16.5. The summed E-state index contributed by atoms with van der Waals surface area (Å²) < 4.78 is 17.1. The average Bonchev–Trinajstić information content (AvgIpc) is 3.27. The van der Waals surface area contributed by atoms with Crippen LogP contribution < -0.4 is 15.3 Å². The first-order chi connectivity index (χ1) is 11.8. The molecule has 1 aliphatic heterocycles. The molecule has 5 nitrogen and oxygen atoms in total. The Kier molecular flexibility index (Phi) is 3.03. The highest BCUT2D eigenvalue weighted by molar-refractivity contribution is 5.86. The number of ether oxygens (including phenoxy) is 1. The SMILES string of the molecule is O=c1oc2c3c(ccc2c2c1CCC2)OC[NH+](Cc1ccco1)C3. The first-order valence-electron chi connectivity index (χ1n) is 8.39. The Morgan fingerprint density at radius 1 is 1.08 bits per heavy atom. The van der Waals surface area contributed by atoms with Crippen LogP contribution in [0.2, 0.25) is 0 Å². The zero-order valence-electron chi connectivity index (χ0n) is 13.3. The van der Waals surface area contributed by atoms with E-state index in [2.05, 4.69) is 0 Å². The molecule has 2 aromatic heterocycles. The van der Waals surface area contributed by atoms with Crippen LogP contribution in [0.5, 0.6) is 5.75 Å². The molecule has 0 saturated carbocycles. The molecule has 1 aromatic carbocycles. The van der Waals surface area contributed by atoms with Crippen molar-refractivity contribution in [2.24, 2.45) is 0 Å². The van der Waals surface area contributed by atoms with E-state index >= 15 is 0 Å². The largest absolute Gasteiger partial charge is 0.463 e. The second kappa shape index (κ2) is 5.24. The number of aryl methyl sites for hydroxylation is 1. The molecular formula is C19H18NO4+. The number of rotatable bonds is 2. The third-order valence-electron chi connectivity index (χ3n) is 5.06. The lowest BCUT2D eigenvalue weighted by molar-refractivity contribution is -0.946. The fraction of sp³-hybridized carbons (Fsp3) is 0.316. The van der Waals surface area contributed by atoms with Crippen molar-refractivity contribution in [3.8, 4) is 5.75 Å². The minimum atomic E-state index is -0.179. The monoisotopic (exact) mass is 324 g/mol. The van der Waals surface area contributed by atoms with Crippen LogP contribution in [0.25, 0.3) is 11.0 Å². The second-order valence-corrected chi connectivity index (χ2v) is 6.59. The molecule has 1 N–H and O–H groups in total. The van der Waals surface area contributed by atoms with E-state index in [1.165, 1.54) is 10.5 Å². The minimum absolute atomic E-state index is 0.179. The minimum Gasteiger partial charge on any atom is -0.463 e. The zero-order chi connectivity index (χ0) is 16.1. The van der Waals surface area contributed by atoms with Crippen LogP contribution in [0.15, 0.2) is 44.2 Å². The fourth-order valence-electron chi connectivity index (χ4n) is 3.94. The Morgan fingerprint density at radius 2 is 2.00 bits per heavy atom. The normalized spacial score (nSPS) is 19.1. The molecule has 0 radical (unpaired) electrons. The number of benzene rings is 1. The van der Waals surface area contributed by atoms with E-state index in [0.29, 0.717) is 12.3 Å². The molecule has 0 fully saturated rings. The summed E-state index contributed by atoms with van der Waals surface area (Å²) in [6.45, 7) is 2.08. The second-order valence-electron chi connectivity index (χ2n) is 6.59. The fourth-order valence-corrected chi connectivity index (χ4v) is 3.94. The topological polar surface area (TPSA) is 57.0 Å². The quantitative estimate of drug-likeness (QED) is 0.731. The summed E-state index contributed by atoms with van der Waals surface area (Å²) in [6, 6.07) is 7.92. The molecule has 5 rings (SSSR count). The molecule has 0 saturated heterocycles. The molecule has 1 unspecified atom stereocenters. The summed E-state index contributed by atoms with van der Waals surface area (Å²) in [7, 11) is 0. The van der Waals surface area contributed by atoms with Gasteiger partial charge in [-0.15, -0.1) is 0 Å². The third kappa shape index (κ3) is 2.08. The Hall–Kier alpha value is -2.53. The summed E-state index contributed by atoms with van der Waals surface area (Å²) in [5.74, 6) is 1.76. The first-order valence-corrected chi connectivity index (χ1v) is 8.39. The molecule has 3 heterocycles. The van der Waals surface area contributed by atoms with Crippen LogP contribution in [0.4, 0.5) is 0 Å². The molecule has 24 heavy (non-hydrogen) atoms. The highest BCUT2D eigenvalue weighted by Crippen LogP contribution is 2.33. The number of nitrogens with one attached hydrogen (secondary N) is 1. The van der Waals surface area contributed by atoms with Crippen LogP contribution in [-0.2, 0) is 25.9 Å². The van der Waals surface area contributed by atoms with Gasteiger partial charge in [-0.05, 0) is 49.1 Å². The molecule has 1 aliphatic carbocycles. The lowest BCUT2D eigenvalue weighted by atomic mass is 10.0. The van der Waals surface area contributed by atoms with Crippen LogP contribution in [0.3, 0.4) is 0 Å². The summed E-state index contributed by atoms with van der Waals surface area (Å²) in [6.07, 6.45) is 4.50. The van der Waals surface area contributed by atoms with Gasteiger partial charge in [-0.3, -0.25) is 4.90 Å². The molecule has 5 heteroatoms. The van der Waals surface area contributed by atoms with E-state index in [1.54, 1.807) is 6.26 Å². The average molecular weight is 324 g/mol. The van der Waals surface area contributed by atoms with Gasteiger partial charge in [0.1, 0.15) is 18.8 Å². The Morgan fingerprint density at radius 3 is 2.88 bits per heavy atom. The van der Waals surface area contributed by atoms with Gasteiger partial charge in [0, 0.05) is 10.9 Å². The summed E-state index contributed by atoms with van der Waals surface area (Å²) >= 11 is 0. The molecule has 1 atom stereocenters. The van der Waals surface area contributed by atoms with Crippen molar-refractivity contribution in [3.63, 3.8) is 0 Å². The standard InChI is InChI=1S/C19H17NO4/c21-19-15-5-1-4-13(15)14-6-7-17-16(18(14)24-19)10-20(11-23-17)9-12-3-2-8-22-12/h2-3,6-8H,1,4-5,9-11H2/p+1. The van der Waals surface area contributed by atoms with Gasteiger partial charge in [0.05, 0.1) is 11.8 Å². The lowest BCUT2D eigenvalue weighted by Crippen LogP contribution is -3.10. The highest BCUT2D eigenvalue weighted by Gasteiger charge is 2.28. The maximum Gasteiger partial charge on any atom is 0.339 e. The smallest absolute Gasteiger partial charge is 0.339 e. The van der Waals surface area contributed by atoms with Crippen molar-refractivity contribution in [1.82, 2.24) is 0 Å². The Labute approximate surface area is 138 Å². The van der Waals surface area contributed by atoms with E-state index in [1.807, 2.05) is 24.3 Å². The molecule has 0 bridgehead atoms. The first kappa shape index (κ1) is 13.9. The molecule has 2 aliphatic rings. The van der Waals surface area contributed by atoms with E-state index in [0.717, 1.165) is 60.4 Å². The van der Waals surface area contributed by atoms with Gasteiger partial charge >= 0.3 is 5.63 Å². The number of hydrogen-bond donors (Lipinski definition) is 1. The summed E-state index contributed by atoms with van der Waals surface area (Å²) in [4.78, 5) is 13.5. The molecule has 122 valence electrons. The van der Waals surface area contributed by atoms with Crippen molar-refractivity contribution >= 4 is 11.0 Å². The van der Waals surface area contributed by atoms with Gasteiger partial charge in [-0.25, -0.2) is 4.79 Å². The van der Waals surface area contributed by atoms with E-state index in [9.17, 15) is 4.79 Å². The number of quaternary nitrogens is 1. The van der Waals surface area contributed by atoms with Crippen molar-refractivity contribution in [3.05, 3.63) is 63.4 Å². The van der Waals surface area contributed by atoms with Crippen molar-refractivity contribution < 1.29 is 18.5 Å². The molecule has 0 amide bonds. The molecular weight excluding hydrogens is 306 g/mol. The summed E-state index contributed by atoms with van der Waals surface area (Å²) in [5, 5.41) is 1.07. The number of furan rings is 1. The van der Waals surface area contributed by atoms with Crippen molar-refractivity contribution in [2.45, 2.75) is 32.4 Å². The molecule has 3 aromatic rings. The number of fused-ring (bicyclic) bond motifs is 5. The maximum absolute atomic E-state index is 12.3. The Bertz CT molecular complexity index is 971. The maximum atomic E-state index is 12.3. The predicted octanol–water partition coefficient (Wildman–Crippen LogP) is 1.81.